The van der Waals surface area contributed by atoms with Crippen LogP contribution in [-0.2, 0) is 6.54 Å². The van der Waals surface area contributed by atoms with Crippen LogP contribution in [0.2, 0.25) is 0 Å². The quantitative estimate of drug-likeness (QED) is 0.758. The van der Waals surface area contributed by atoms with Crippen LogP contribution in [0.5, 0.6) is 11.5 Å². The highest BCUT2D eigenvalue weighted by molar-refractivity contribution is 5.42. The lowest BCUT2D eigenvalue weighted by molar-refractivity contribution is 0.221. The molecule has 1 N–H and O–H groups in total. The number of hydrogen-bond donors (Lipinski definition) is 1. The molecule has 0 amide bonds. The summed E-state index contributed by atoms with van der Waals surface area (Å²) >= 11 is 0. The summed E-state index contributed by atoms with van der Waals surface area (Å²) in [4.78, 5) is 6.55. The Morgan fingerprint density at radius 2 is 2.11 bits per heavy atom. The summed E-state index contributed by atoms with van der Waals surface area (Å²) in [5, 5.41) is 8.87. The summed E-state index contributed by atoms with van der Waals surface area (Å²) in [6.45, 7) is 4.73. The van der Waals surface area contributed by atoms with Crippen molar-refractivity contribution in [1.29, 1.82) is 0 Å². The van der Waals surface area contributed by atoms with Crippen molar-refractivity contribution in [2.45, 2.75) is 19.9 Å². The van der Waals surface area contributed by atoms with Crippen LogP contribution in [0.25, 0.3) is 0 Å². The predicted molar refractivity (Wildman–Crippen MR) is 70.0 cm³/mol. The summed E-state index contributed by atoms with van der Waals surface area (Å²) < 4.78 is 10.6. The lowest BCUT2D eigenvalue weighted by Gasteiger charge is -2.21. The Kier molecular flexibility index (Phi) is 6.46. The normalized spacial score (nSPS) is 10.7. The Bertz CT molecular complexity index is 358. The van der Waals surface area contributed by atoms with Gasteiger partial charge in [-0.2, -0.15) is 0 Å². The van der Waals surface area contributed by atoms with Crippen LogP contribution in [0.15, 0.2) is 12.3 Å². The van der Waals surface area contributed by atoms with Crippen LogP contribution >= 0.6 is 0 Å². The smallest absolute Gasteiger partial charge is 0.183 e. The van der Waals surface area contributed by atoms with Gasteiger partial charge in [-0.05, 0) is 13.0 Å². The highest BCUT2D eigenvalue weighted by Crippen LogP contribution is 2.29. The Hall–Kier alpha value is -1.33. The number of nitrogens with zero attached hydrogens (tertiary/aromatic N) is 2. The van der Waals surface area contributed by atoms with E-state index in [0.29, 0.717) is 18.0 Å². The molecule has 0 radical (unpaired) electrons. The van der Waals surface area contributed by atoms with Crippen molar-refractivity contribution in [2.75, 3.05) is 33.9 Å². The molecule has 1 heterocycles. The molecule has 1 aromatic heterocycles. The molecule has 0 unspecified atom stereocenters. The van der Waals surface area contributed by atoms with Gasteiger partial charge >= 0.3 is 0 Å². The zero-order valence-corrected chi connectivity index (χ0v) is 11.3. The van der Waals surface area contributed by atoms with Gasteiger partial charge in [0.1, 0.15) is 5.69 Å². The van der Waals surface area contributed by atoms with E-state index in [0.717, 1.165) is 25.2 Å². The number of rotatable bonds is 8. The maximum absolute atomic E-state index is 8.87. The Balaban J connectivity index is 2.81. The first-order chi connectivity index (χ1) is 8.76. The fraction of sp³-hybridized carbons (Fsp3) is 0.615. The fourth-order valence-electron chi connectivity index (χ4n) is 1.82. The van der Waals surface area contributed by atoms with Gasteiger partial charge in [0.25, 0.3) is 0 Å². The summed E-state index contributed by atoms with van der Waals surface area (Å²) in [6.07, 6.45) is 2.48. The molecule has 0 saturated heterocycles. The van der Waals surface area contributed by atoms with Gasteiger partial charge in [0.2, 0.25) is 0 Å². The molecule has 5 heteroatoms. The van der Waals surface area contributed by atoms with Gasteiger partial charge in [-0.15, -0.1) is 0 Å². The first-order valence-electron chi connectivity index (χ1n) is 6.15. The minimum atomic E-state index is 0.208. The molecular formula is C13H22N2O3. The van der Waals surface area contributed by atoms with E-state index >= 15 is 0 Å². The second-order valence-corrected chi connectivity index (χ2v) is 3.94. The van der Waals surface area contributed by atoms with E-state index in [4.69, 9.17) is 14.6 Å². The maximum Gasteiger partial charge on any atom is 0.183 e. The Labute approximate surface area is 108 Å². The van der Waals surface area contributed by atoms with E-state index < -0.39 is 0 Å². The van der Waals surface area contributed by atoms with Crippen molar-refractivity contribution in [3.8, 4) is 11.5 Å². The van der Waals surface area contributed by atoms with E-state index in [1.807, 2.05) is 0 Å². The molecule has 102 valence electrons. The number of hydrogen-bond acceptors (Lipinski definition) is 5. The Morgan fingerprint density at radius 1 is 1.33 bits per heavy atom. The average Bonchev–Trinajstić information content (AvgIpc) is 2.42. The molecule has 0 fully saturated rings. The summed E-state index contributed by atoms with van der Waals surface area (Å²) in [7, 11) is 3.23. The number of pyridine rings is 1. The molecular weight excluding hydrogens is 232 g/mol. The molecule has 1 rings (SSSR count). The molecule has 0 bridgehead atoms. The number of ether oxygens (including phenoxy) is 2. The van der Waals surface area contributed by atoms with Crippen LogP contribution in [0.1, 0.15) is 19.0 Å². The lowest BCUT2D eigenvalue weighted by atomic mass is 10.2. The van der Waals surface area contributed by atoms with Crippen LogP contribution in [0, 0.1) is 0 Å². The molecule has 0 aromatic carbocycles. The van der Waals surface area contributed by atoms with E-state index in [-0.39, 0.29) is 6.61 Å². The lowest BCUT2D eigenvalue weighted by Crippen LogP contribution is -2.25. The largest absolute Gasteiger partial charge is 0.493 e. The van der Waals surface area contributed by atoms with E-state index in [1.165, 1.54) is 0 Å². The van der Waals surface area contributed by atoms with Crippen LogP contribution in [-0.4, -0.2) is 48.9 Å². The zero-order valence-electron chi connectivity index (χ0n) is 11.3. The van der Waals surface area contributed by atoms with Crippen LogP contribution < -0.4 is 9.47 Å². The van der Waals surface area contributed by atoms with E-state index in [9.17, 15) is 0 Å². The monoisotopic (exact) mass is 254 g/mol. The van der Waals surface area contributed by atoms with Crippen LogP contribution in [0.4, 0.5) is 0 Å². The van der Waals surface area contributed by atoms with Gasteiger partial charge in [0, 0.05) is 32.0 Å². The first kappa shape index (κ1) is 14.7. The Morgan fingerprint density at radius 3 is 2.67 bits per heavy atom. The third kappa shape index (κ3) is 3.85. The van der Waals surface area contributed by atoms with Crippen molar-refractivity contribution in [3.63, 3.8) is 0 Å². The fourth-order valence-corrected chi connectivity index (χ4v) is 1.82. The van der Waals surface area contributed by atoms with Crippen molar-refractivity contribution in [1.82, 2.24) is 9.88 Å². The van der Waals surface area contributed by atoms with E-state index in [1.54, 1.807) is 26.5 Å². The maximum atomic E-state index is 8.87. The third-order valence-electron chi connectivity index (χ3n) is 2.82. The molecule has 1 aromatic rings. The van der Waals surface area contributed by atoms with Crippen LogP contribution in [0.3, 0.4) is 0 Å². The minimum Gasteiger partial charge on any atom is -0.493 e. The molecule has 5 nitrogen and oxygen atoms in total. The molecule has 0 aliphatic heterocycles. The summed E-state index contributed by atoms with van der Waals surface area (Å²) in [5.41, 5.74) is 0.858. The van der Waals surface area contributed by atoms with Gasteiger partial charge in [-0.1, -0.05) is 6.92 Å². The summed E-state index contributed by atoms with van der Waals surface area (Å²) in [6, 6.07) is 1.78. The van der Waals surface area contributed by atoms with E-state index in [2.05, 4.69) is 16.8 Å². The first-order valence-corrected chi connectivity index (χ1v) is 6.15. The highest BCUT2D eigenvalue weighted by Gasteiger charge is 2.13. The van der Waals surface area contributed by atoms with Gasteiger partial charge in [0.15, 0.2) is 11.5 Å². The zero-order chi connectivity index (χ0) is 13.4. The van der Waals surface area contributed by atoms with Gasteiger partial charge in [-0.25, -0.2) is 0 Å². The number of methoxy groups -OCH3 is 2. The van der Waals surface area contributed by atoms with Gasteiger partial charge < -0.3 is 14.6 Å². The highest BCUT2D eigenvalue weighted by atomic mass is 16.5. The molecule has 0 saturated carbocycles. The second kappa shape index (κ2) is 7.89. The number of aliphatic hydroxyl groups excluding tert-OH is 1. The molecule has 0 atom stereocenters. The molecule has 0 spiro atoms. The second-order valence-electron chi connectivity index (χ2n) is 3.94. The van der Waals surface area contributed by atoms with Crippen molar-refractivity contribution in [2.24, 2.45) is 0 Å². The summed E-state index contributed by atoms with van der Waals surface area (Å²) in [5.74, 6) is 1.38. The minimum absolute atomic E-state index is 0.208. The average molecular weight is 254 g/mol. The predicted octanol–water partition coefficient (Wildman–Crippen LogP) is 1.30. The van der Waals surface area contributed by atoms with Crippen molar-refractivity contribution in [3.05, 3.63) is 18.0 Å². The standard InChI is InChI=1S/C13H22N2O3/c1-4-15(8-5-9-16)10-11-13(18-3)12(17-2)6-7-14-11/h6-7,16H,4-5,8-10H2,1-3H3. The molecule has 0 aliphatic carbocycles. The van der Waals surface area contributed by atoms with Gasteiger partial charge in [-0.3, -0.25) is 9.88 Å². The van der Waals surface area contributed by atoms with Crippen molar-refractivity contribution >= 4 is 0 Å². The molecule has 0 aliphatic rings. The number of aliphatic hydroxyl groups is 1. The van der Waals surface area contributed by atoms with Gasteiger partial charge in [0.05, 0.1) is 14.2 Å². The number of aromatic nitrogens is 1. The SMILES string of the molecule is CCN(CCCO)Cc1nccc(OC)c1OC. The topological polar surface area (TPSA) is 54.8 Å². The third-order valence-corrected chi connectivity index (χ3v) is 2.82. The molecule has 18 heavy (non-hydrogen) atoms. The van der Waals surface area contributed by atoms with Crippen molar-refractivity contribution < 1.29 is 14.6 Å².